The van der Waals surface area contributed by atoms with E-state index >= 15 is 0 Å². The summed E-state index contributed by atoms with van der Waals surface area (Å²) in [5, 5.41) is 0. The Morgan fingerprint density at radius 3 is 1.18 bits per heavy atom. The minimum Gasteiger partial charge on any atom is -0.462 e. The molecule has 0 rings (SSSR count). The Bertz CT molecular complexity index is 1320. The molecule has 1 atom stereocenters. The van der Waals surface area contributed by atoms with Gasteiger partial charge in [0.1, 0.15) is 13.2 Å². The topological polar surface area (TPSA) is 78.9 Å². The lowest BCUT2D eigenvalue weighted by Crippen LogP contribution is -2.30. The Balaban J connectivity index is 4.57. The third kappa shape index (κ3) is 44.9. The maximum absolute atomic E-state index is 12.7. The van der Waals surface area contributed by atoms with Crippen LogP contribution in [0.5, 0.6) is 0 Å². The smallest absolute Gasteiger partial charge is 0.306 e. The molecule has 60 heavy (non-hydrogen) atoms. The monoisotopic (exact) mass is 829 g/mol. The van der Waals surface area contributed by atoms with Crippen LogP contribution in [0.25, 0.3) is 0 Å². The summed E-state index contributed by atoms with van der Waals surface area (Å²) in [5.74, 6) is -1.04. The summed E-state index contributed by atoms with van der Waals surface area (Å²) in [7, 11) is 0. The number of carbonyl (C=O) groups is 3. The third-order valence-electron chi connectivity index (χ3n) is 9.21. The van der Waals surface area contributed by atoms with Gasteiger partial charge in [0.15, 0.2) is 6.10 Å². The van der Waals surface area contributed by atoms with Gasteiger partial charge >= 0.3 is 17.9 Å². The number of allylic oxidation sites excluding steroid dienone is 20. The molecule has 0 aliphatic rings. The minimum atomic E-state index is -0.825. The van der Waals surface area contributed by atoms with Crippen LogP contribution in [0.1, 0.15) is 181 Å². The number of ether oxygens (including phenoxy) is 3. The van der Waals surface area contributed by atoms with E-state index in [1.54, 1.807) is 0 Å². The fraction of sp³-hybridized carbons (Fsp3) is 0.574. The fourth-order valence-corrected chi connectivity index (χ4v) is 5.70. The molecule has 0 radical (unpaired) electrons. The van der Waals surface area contributed by atoms with Crippen molar-refractivity contribution in [1.82, 2.24) is 0 Å². The quantitative estimate of drug-likeness (QED) is 0.0201. The zero-order valence-corrected chi connectivity index (χ0v) is 38.2. The molecule has 0 aromatic rings. The van der Waals surface area contributed by atoms with Gasteiger partial charge in [0, 0.05) is 19.3 Å². The highest BCUT2D eigenvalue weighted by Gasteiger charge is 2.19. The van der Waals surface area contributed by atoms with Crippen LogP contribution < -0.4 is 0 Å². The Morgan fingerprint density at radius 1 is 0.367 bits per heavy atom. The van der Waals surface area contributed by atoms with Crippen LogP contribution >= 0.6 is 0 Å². The normalized spacial score (nSPS) is 13.2. The van der Waals surface area contributed by atoms with E-state index in [1.165, 1.54) is 12.8 Å². The maximum Gasteiger partial charge on any atom is 0.306 e. The van der Waals surface area contributed by atoms with Crippen molar-refractivity contribution in [2.24, 2.45) is 0 Å². The first kappa shape index (κ1) is 55.8. The summed E-state index contributed by atoms with van der Waals surface area (Å²) in [5.41, 5.74) is 0. The van der Waals surface area contributed by atoms with Crippen molar-refractivity contribution in [3.05, 3.63) is 122 Å². The number of unbranched alkanes of at least 4 members (excludes halogenated alkanes) is 10. The van der Waals surface area contributed by atoms with Crippen LogP contribution in [0.15, 0.2) is 122 Å². The Kier molecular flexibility index (Phi) is 44.2. The van der Waals surface area contributed by atoms with E-state index in [4.69, 9.17) is 14.2 Å². The Labute approximate surface area is 367 Å². The lowest BCUT2D eigenvalue weighted by molar-refractivity contribution is -0.167. The summed E-state index contributed by atoms with van der Waals surface area (Å²) >= 11 is 0. The molecule has 0 spiro atoms. The van der Waals surface area contributed by atoms with Crippen molar-refractivity contribution in [2.45, 2.75) is 187 Å². The number of hydrogen-bond donors (Lipinski definition) is 0. The molecule has 6 heteroatoms. The molecule has 1 unspecified atom stereocenters. The summed E-state index contributed by atoms with van der Waals surface area (Å²) < 4.78 is 16.6. The molecule has 0 aliphatic carbocycles. The molecule has 0 saturated carbocycles. The molecule has 0 saturated heterocycles. The van der Waals surface area contributed by atoms with Gasteiger partial charge in [-0.3, -0.25) is 14.4 Å². The van der Waals surface area contributed by atoms with E-state index in [1.807, 2.05) is 0 Å². The molecule has 336 valence electrons. The summed E-state index contributed by atoms with van der Waals surface area (Å²) in [6.07, 6.45) is 64.7. The SMILES string of the molecule is CC/C=C\C/C=C\C/C=C\C/C=C\C/C=C\CCCC(=O)OCC(COC(=O)CCCCC/C=C\C=C/CCCC)OC(=O)CCCCCC/C=C\C/C=C\C/C=C\CC. The molecule has 0 aromatic heterocycles. The van der Waals surface area contributed by atoms with Crippen LogP contribution in [0.3, 0.4) is 0 Å². The largest absolute Gasteiger partial charge is 0.462 e. The van der Waals surface area contributed by atoms with Gasteiger partial charge in [0.2, 0.25) is 0 Å². The number of carbonyl (C=O) groups excluding carboxylic acids is 3. The molecule has 0 N–H and O–H groups in total. The maximum atomic E-state index is 12.7. The Morgan fingerprint density at radius 2 is 0.717 bits per heavy atom. The predicted octanol–water partition coefficient (Wildman–Crippen LogP) is 15.4. The second-order valence-corrected chi connectivity index (χ2v) is 14.9. The molecular formula is C54H84O6. The van der Waals surface area contributed by atoms with Gasteiger partial charge in [-0.25, -0.2) is 0 Å². The van der Waals surface area contributed by atoms with E-state index in [0.29, 0.717) is 12.8 Å². The summed E-state index contributed by atoms with van der Waals surface area (Å²) in [6, 6.07) is 0. The molecule has 0 bridgehead atoms. The lowest BCUT2D eigenvalue weighted by Gasteiger charge is -2.18. The predicted molar refractivity (Wildman–Crippen MR) is 256 cm³/mol. The summed E-state index contributed by atoms with van der Waals surface area (Å²) in [4.78, 5) is 37.8. The van der Waals surface area contributed by atoms with Crippen LogP contribution in [0.2, 0.25) is 0 Å². The number of esters is 3. The van der Waals surface area contributed by atoms with E-state index in [2.05, 4.69) is 142 Å². The van der Waals surface area contributed by atoms with Crippen LogP contribution in [-0.4, -0.2) is 37.2 Å². The van der Waals surface area contributed by atoms with Gasteiger partial charge in [-0.1, -0.05) is 174 Å². The van der Waals surface area contributed by atoms with E-state index in [9.17, 15) is 14.4 Å². The van der Waals surface area contributed by atoms with E-state index < -0.39 is 6.10 Å². The highest BCUT2D eigenvalue weighted by Crippen LogP contribution is 2.11. The van der Waals surface area contributed by atoms with Gasteiger partial charge in [0.25, 0.3) is 0 Å². The van der Waals surface area contributed by atoms with Crippen LogP contribution in [0.4, 0.5) is 0 Å². The molecule has 0 aliphatic heterocycles. The van der Waals surface area contributed by atoms with Gasteiger partial charge in [-0.05, 0) is 109 Å². The van der Waals surface area contributed by atoms with Crippen LogP contribution in [0, 0.1) is 0 Å². The zero-order valence-electron chi connectivity index (χ0n) is 38.2. The molecule has 0 fully saturated rings. The van der Waals surface area contributed by atoms with Crippen LogP contribution in [-0.2, 0) is 28.6 Å². The highest BCUT2D eigenvalue weighted by atomic mass is 16.6. The molecule has 0 amide bonds. The van der Waals surface area contributed by atoms with Gasteiger partial charge < -0.3 is 14.2 Å². The number of hydrogen-bond acceptors (Lipinski definition) is 6. The summed E-state index contributed by atoms with van der Waals surface area (Å²) in [6.45, 7) is 6.23. The second-order valence-electron chi connectivity index (χ2n) is 14.9. The van der Waals surface area contributed by atoms with E-state index in [0.717, 1.165) is 122 Å². The average Bonchev–Trinajstić information content (AvgIpc) is 3.24. The third-order valence-corrected chi connectivity index (χ3v) is 9.21. The molecule has 0 heterocycles. The van der Waals surface area contributed by atoms with Crippen molar-refractivity contribution >= 4 is 17.9 Å². The molecule has 6 nitrogen and oxygen atoms in total. The Hall–Kier alpha value is -4.19. The first-order valence-corrected chi connectivity index (χ1v) is 23.6. The lowest BCUT2D eigenvalue weighted by atomic mass is 10.1. The van der Waals surface area contributed by atoms with Crippen molar-refractivity contribution in [3.63, 3.8) is 0 Å². The molecular weight excluding hydrogens is 745 g/mol. The van der Waals surface area contributed by atoms with Gasteiger partial charge in [-0.2, -0.15) is 0 Å². The zero-order chi connectivity index (χ0) is 43.7. The van der Waals surface area contributed by atoms with Crippen molar-refractivity contribution < 1.29 is 28.6 Å². The van der Waals surface area contributed by atoms with E-state index in [-0.39, 0.29) is 44.0 Å². The highest BCUT2D eigenvalue weighted by molar-refractivity contribution is 5.71. The average molecular weight is 829 g/mol. The fourth-order valence-electron chi connectivity index (χ4n) is 5.70. The first-order valence-electron chi connectivity index (χ1n) is 23.6. The van der Waals surface area contributed by atoms with Crippen molar-refractivity contribution in [3.8, 4) is 0 Å². The van der Waals surface area contributed by atoms with Crippen molar-refractivity contribution in [1.29, 1.82) is 0 Å². The van der Waals surface area contributed by atoms with Gasteiger partial charge in [-0.15, -0.1) is 0 Å². The first-order chi connectivity index (χ1) is 29.5. The minimum absolute atomic E-state index is 0.123. The standard InChI is InChI=1S/C54H84O6/c1-4-7-10-13-16-19-22-24-26-27-28-30-32-35-38-41-44-47-53(56)59-50-51(49-58-52(55)46-43-40-37-34-31-21-18-15-12-9-6-3)60-54(57)48-45-42-39-36-33-29-25-23-20-17-14-11-8-5-2/h7-8,10-11,15-21,24-26,28-31,35,38,51H,4-6,9,12-14,22-23,27,32-34,36-37,39-50H2,1-3H3/b10-7-,11-8-,18-15-,19-16-,20-17-,26-24-,29-25-,30-28-,31-21-,38-35-. The van der Waals surface area contributed by atoms with Gasteiger partial charge in [0.05, 0.1) is 0 Å². The second kappa shape index (κ2) is 47.5. The van der Waals surface area contributed by atoms with Crippen molar-refractivity contribution in [2.75, 3.05) is 13.2 Å². The molecule has 0 aromatic carbocycles. The number of rotatable bonds is 40.